The lowest BCUT2D eigenvalue weighted by Gasteiger charge is -2.04. The van der Waals surface area contributed by atoms with Crippen molar-refractivity contribution in [2.45, 2.75) is 0 Å². The Kier molecular flexibility index (Phi) is 4.68. The average Bonchev–Trinajstić information content (AvgIpc) is 2.39. The van der Waals surface area contributed by atoms with Crippen molar-refractivity contribution in [3.8, 4) is 17.0 Å². The van der Waals surface area contributed by atoms with Crippen LogP contribution in [-0.2, 0) is 0 Å². The highest BCUT2D eigenvalue weighted by Gasteiger charge is 2.03. The van der Waals surface area contributed by atoms with Crippen LogP contribution in [0, 0.1) is 5.41 Å². The van der Waals surface area contributed by atoms with E-state index >= 15 is 0 Å². The van der Waals surface area contributed by atoms with E-state index in [1.165, 1.54) is 0 Å². The minimum atomic E-state index is -0.0274. The van der Waals surface area contributed by atoms with Gasteiger partial charge >= 0.3 is 0 Å². The number of benzene rings is 1. The van der Waals surface area contributed by atoms with Crippen LogP contribution in [0.1, 0.15) is 5.69 Å². The van der Waals surface area contributed by atoms with Gasteiger partial charge in [0.05, 0.1) is 12.8 Å². The number of pyridine rings is 1. The summed E-state index contributed by atoms with van der Waals surface area (Å²) in [5, 5.41) is 7.35. The largest absolute Gasteiger partial charge is 0.497 e. The Morgan fingerprint density at radius 2 is 1.83 bits per heavy atom. The van der Waals surface area contributed by atoms with Crippen molar-refractivity contribution in [2.24, 2.45) is 5.73 Å². The van der Waals surface area contributed by atoms with Gasteiger partial charge < -0.3 is 10.5 Å². The molecule has 18 heavy (non-hydrogen) atoms. The van der Waals surface area contributed by atoms with Crippen molar-refractivity contribution in [3.63, 3.8) is 0 Å². The number of ether oxygens (including phenoxy) is 1. The second-order valence-electron chi connectivity index (χ2n) is 3.55. The molecule has 0 unspecified atom stereocenters. The van der Waals surface area contributed by atoms with Crippen LogP contribution in [0.5, 0.6) is 5.75 Å². The summed E-state index contributed by atoms with van der Waals surface area (Å²) in [6.45, 7) is 0. The predicted octanol–water partition coefficient (Wildman–Crippen LogP) is 2.46. The Hall–Kier alpha value is -2.07. The minimum absolute atomic E-state index is 0. The van der Waals surface area contributed by atoms with E-state index in [4.69, 9.17) is 15.9 Å². The van der Waals surface area contributed by atoms with Crippen LogP contribution in [0.2, 0.25) is 0 Å². The molecule has 0 radical (unpaired) electrons. The van der Waals surface area contributed by atoms with Gasteiger partial charge in [0, 0.05) is 5.56 Å². The summed E-state index contributed by atoms with van der Waals surface area (Å²) in [6.07, 6.45) is 0. The van der Waals surface area contributed by atoms with Crippen LogP contribution >= 0.6 is 12.4 Å². The van der Waals surface area contributed by atoms with Crippen LogP contribution in [0.15, 0.2) is 42.5 Å². The van der Waals surface area contributed by atoms with E-state index in [2.05, 4.69) is 4.98 Å². The lowest BCUT2D eigenvalue weighted by Crippen LogP contribution is -2.13. The third kappa shape index (κ3) is 2.99. The van der Waals surface area contributed by atoms with E-state index in [1.807, 2.05) is 36.4 Å². The molecule has 2 aromatic rings. The molecule has 1 aromatic heterocycles. The number of hydrogen-bond donors (Lipinski definition) is 2. The molecule has 0 saturated heterocycles. The summed E-state index contributed by atoms with van der Waals surface area (Å²) in [7, 11) is 1.63. The highest BCUT2D eigenvalue weighted by atomic mass is 35.5. The van der Waals surface area contributed by atoms with Gasteiger partial charge in [0.2, 0.25) is 0 Å². The summed E-state index contributed by atoms with van der Waals surface area (Å²) in [6, 6.07) is 13.0. The molecule has 2 rings (SSSR count). The summed E-state index contributed by atoms with van der Waals surface area (Å²) in [5.41, 5.74) is 7.65. The van der Waals surface area contributed by atoms with Crippen LogP contribution in [-0.4, -0.2) is 17.9 Å². The van der Waals surface area contributed by atoms with Crippen molar-refractivity contribution in [2.75, 3.05) is 7.11 Å². The maximum absolute atomic E-state index is 7.35. The first-order valence-electron chi connectivity index (χ1n) is 5.16. The van der Waals surface area contributed by atoms with Gasteiger partial charge in [-0.15, -0.1) is 12.4 Å². The van der Waals surface area contributed by atoms with Crippen molar-refractivity contribution in [1.82, 2.24) is 4.98 Å². The zero-order chi connectivity index (χ0) is 12.3. The number of nitrogen functional groups attached to an aromatic ring is 1. The number of hydrogen-bond acceptors (Lipinski definition) is 3. The summed E-state index contributed by atoms with van der Waals surface area (Å²) >= 11 is 0. The smallest absolute Gasteiger partial charge is 0.141 e. The second-order valence-corrected chi connectivity index (χ2v) is 3.55. The number of methoxy groups -OCH3 is 1. The first-order valence-corrected chi connectivity index (χ1v) is 5.16. The molecule has 4 nitrogen and oxygen atoms in total. The van der Waals surface area contributed by atoms with E-state index in [9.17, 15) is 0 Å². The SMILES string of the molecule is COc1ccc(-c2cccc(C(=N)N)n2)cc1.Cl. The second kappa shape index (κ2) is 6.02. The fraction of sp³-hybridized carbons (Fsp3) is 0.0769. The molecule has 0 spiro atoms. The van der Waals surface area contributed by atoms with E-state index in [-0.39, 0.29) is 18.2 Å². The topological polar surface area (TPSA) is 72.0 Å². The van der Waals surface area contributed by atoms with Gasteiger partial charge in [-0.1, -0.05) is 6.07 Å². The van der Waals surface area contributed by atoms with Gasteiger partial charge in [-0.25, -0.2) is 4.98 Å². The number of nitrogens with zero attached hydrogens (tertiary/aromatic N) is 1. The highest BCUT2D eigenvalue weighted by Crippen LogP contribution is 2.20. The fourth-order valence-corrected chi connectivity index (χ4v) is 1.51. The first-order chi connectivity index (χ1) is 8.20. The molecule has 3 N–H and O–H groups in total. The Balaban J connectivity index is 0.00000162. The molecule has 1 aromatic carbocycles. The third-order valence-electron chi connectivity index (χ3n) is 2.41. The van der Waals surface area contributed by atoms with Crippen LogP contribution in [0.25, 0.3) is 11.3 Å². The van der Waals surface area contributed by atoms with E-state index in [1.54, 1.807) is 13.2 Å². The number of aromatic nitrogens is 1. The Labute approximate surface area is 112 Å². The van der Waals surface area contributed by atoms with Gasteiger partial charge in [-0.3, -0.25) is 5.41 Å². The zero-order valence-corrected chi connectivity index (χ0v) is 10.7. The summed E-state index contributed by atoms with van der Waals surface area (Å²) in [4.78, 5) is 4.31. The molecule has 0 aliphatic carbocycles. The average molecular weight is 264 g/mol. The van der Waals surface area contributed by atoms with Crippen molar-refractivity contribution >= 4 is 18.2 Å². The lowest BCUT2D eigenvalue weighted by molar-refractivity contribution is 0.415. The standard InChI is InChI=1S/C13H13N3O.ClH/c1-17-10-7-5-9(6-8-10)11-3-2-4-12(16-11)13(14)15;/h2-8H,1H3,(H3,14,15);1H. The third-order valence-corrected chi connectivity index (χ3v) is 2.41. The predicted molar refractivity (Wildman–Crippen MR) is 74.5 cm³/mol. The minimum Gasteiger partial charge on any atom is -0.497 e. The molecule has 0 aliphatic heterocycles. The number of halogens is 1. The maximum atomic E-state index is 7.35. The molecule has 0 bridgehead atoms. The Morgan fingerprint density at radius 1 is 1.17 bits per heavy atom. The molecule has 0 atom stereocenters. The van der Waals surface area contributed by atoms with Gasteiger partial charge in [0.25, 0.3) is 0 Å². The molecule has 5 heteroatoms. The summed E-state index contributed by atoms with van der Waals surface area (Å²) < 4.78 is 5.09. The van der Waals surface area contributed by atoms with Gasteiger partial charge in [-0.05, 0) is 36.4 Å². The highest BCUT2D eigenvalue weighted by molar-refractivity contribution is 5.93. The van der Waals surface area contributed by atoms with E-state index in [0.29, 0.717) is 5.69 Å². The zero-order valence-electron chi connectivity index (χ0n) is 9.88. The molecule has 0 saturated carbocycles. The van der Waals surface area contributed by atoms with Crippen molar-refractivity contribution < 1.29 is 4.74 Å². The number of rotatable bonds is 3. The van der Waals surface area contributed by atoms with Crippen LogP contribution < -0.4 is 10.5 Å². The number of nitrogens with one attached hydrogen (secondary N) is 1. The quantitative estimate of drug-likeness (QED) is 0.660. The fourth-order valence-electron chi connectivity index (χ4n) is 1.51. The lowest BCUT2D eigenvalue weighted by atomic mass is 10.1. The molecule has 0 fully saturated rings. The molecule has 1 heterocycles. The van der Waals surface area contributed by atoms with Crippen molar-refractivity contribution in [1.29, 1.82) is 5.41 Å². The number of nitrogens with two attached hydrogens (primary N) is 1. The molecule has 0 amide bonds. The van der Waals surface area contributed by atoms with Crippen LogP contribution in [0.3, 0.4) is 0 Å². The first kappa shape index (κ1) is 14.0. The Morgan fingerprint density at radius 3 is 2.39 bits per heavy atom. The summed E-state index contributed by atoms with van der Waals surface area (Å²) in [5.74, 6) is 0.775. The van der Waals surface area contributed by atoms with E-state index < -0.39 is 0 Å². The maximum Gasteiger partial charge on any atom is 0.141 e. The molecule has 94 valence electrons. The monoisotopic (exact) mass is 263 g/mol. The van der Waals surface area contributed by atoms with Gasteiger partial charge in [-0.2, -0.15) is 0 Å². The molecular weight excluding hydrogens is 250 g/mol. The van der Waals surface area contributed by atoms with Gasteiger partial charge in [0.1, 0.15) is 17.3 Å². The Bertz CT molecular complexity index is 540. The number of amidine groups is 1. The van der Waals surface area contributed by atoms with E-state index in [0.717, 1.165) is 17.0 Å². The molecular formula is C13H14ClN3O. The van der Waals surface area contributed by atoms with Gasteiger partial charge in [0.15, 0.2) is 0 Å². The normalized spacial score (nSPS) is 9.39. The van der Waals surface area contributed by atoms with Crippen molar-refractivity contribution in [3.05, 3.63) is 48.2 Å². The van der Waals surface area contributed by atoms with Crippen LogP contribution in [0.4, 0.5) is 0 Å². The molecule has 0 aliphatic rings.